The van der Waals surface area contributed by atoms with Gasteiger partial charge in [0.25, 0.3) is 0 Å². The van der Waals surface area contributed by atoms with Gasteiger partial charge in [0, 0.05) is 0 Å². The molecule has 0 radical (unpaired) electrons. The lowest BCUT2D eigenvalue weighted by Crippen LogP contribution is -2.09. The summed E-state index contributed by atoms with van der Waals surface area (Å²) in [6, 6.07) is 9.85. The van der Waals surface area contributed by atoms with Crippen molar-refractivity contribution in [2.45, 2.75) is 6.92 Å². The maximum absolute atomic E-state index is 11.5. The minimum absolute atomic E-state index is 0.0546. The third-order valence-electron chi connectivity index (χ3n) is 2.15. The molecule has 0 aliphatic carbocycles. The Labute approximate surface area is 109 Å². The Morgan fingerprint density at radius 3 is 2.50 bits per heavy atom. The quantitative estimate of drug-likeness (QED) is 0.582. The van der Waals surface area contributed by atoms with Gasteiger partial charge in [-0.05, 0) is 12.5 Å². The van der Waals surface area contributed by atoms with E-state index in [0.717, 1.165) is 5.56 Å². The molecule has 0 unspecified atom stereocenters. The number of hydrogen-bond acceptors (Lipinski definition) is 2. The summed E-state index contributed by atoms with van der Waals surface area (Å²) in [5.74, 6) is 0.110. The summed E-state index contributed by atoms with van der Waals surface area (Å²) in [7, 11) is -3.05. The Kier molecular flexibility index (Phi) is 5.59. The van der Waals surface area contributed by atoms with E-state index in [0.29, 0.717) is 5.57 Å². The SMILES string of the molecule is C=C(C)CS(=O)(=O)C/C=C/C=C/c1ccccc1. The van der Waals surface area contributed by atoms with E-state index < -0.39 is 9.84 Å². The number of sulfone groups is 1. The van der Waals surface area contributed by atoms with E-state index >= 15 is 0 Å². The van der Waals surface area contributed by atoms with E-state index in [1.165, 1.54) is 0 Å². The molecule has 0 saturated heterocycles. The highest BCUT2D eigenvalue weighted by molar-refractivity contribution is 7.91. The fourth-order valence-corrected chi connectivity index (χ4v) is 2.72. The van der Waals surface area contributed by atoms with Crippen molar-refractivity contribution in [3.05, 3.63) is 66.3 Å². The average Bonchev–Trinajstić information content (AvgIpc) is 2.28. The van der Waals surface area contributed by atoms with Crippen LogP contribution in [0.25, 0.3) is 6.08 Å². The van der Waals surface area contributed by atoms with Gasteiger partial charge in [-0.2, -0.15) is 0 Å². The highest BCUT2D eigenvalue weighted by atomic mass is 32.2. The largest absolute Gasteiger partial charge is 0.228 e. The molecule has 3 heteroatoms. The van der Waals surface area contributed by atoms with Gasteiger partial charge in [0.15, 0.2) is 9.84 Å². The van der Waals surface area contributed by atoms with Gasteiger partial charge in [-0.25, -0.2) is 8.42 Å². The second kappa shape index (κ2) is 6.97. The van der Waals surface area contributed by atoms with Gasteiger partial charge < -0.3 is 0 Å². The summed E-state index contributed by atoms with van der Waals surface area (Å²) < 4.78 is 23.1. The molecule has 0 atom stereocenters. The maximum atomic E-state index is 11.5. The van der Waals surface area contributed by atoms with Gasteiger partial charge in [0.2, 0.25) is 0 Å². The second-order valence-electron chi connectivity index (χ2n) is 4.21. The zero-order valence-corrected chi connectivity index (χ0v) is 11.4. The molecular formula is C15H18O2S. The van der Waals surface area contributed by atoms with Crippen molar-refractivity contribution >= 4 is 15.9 Å². The van der Waals surface area contributed by atoms with Crippen molar-refractivity contribution in [3.8, 4) is 0 Å². The molecule has 1 aromatic rings. The molecule has 0 aromatic heterocycles. The van der Waals surface area contributed by atoms with Gasteiger partial charge >= 0.3 is 0 Å². The third kappa shape index (κ3) is 6.21. The van der Waals surface area contributed by atoms with Gasteiger partial charge in [-0.1, -0.05) is 66.8 Å². The van der Waals surface area contributed by atoms with Crippen molar-refractivity contribution in [2.24, 2.45) is 0 Å². The second-order valence-corrected chi connectivity index (χ2v) is 6.32. The first-order valence-corrected chi connectivity index (χ1v) is 7.55. The zero-order chi connectivity index (χ0) is 13.4. The maximum Gasteiger partial charge on any atom is 0.157 e. The van der Waals surface area contributed by atoms with Crippen LogP contribution in [0.5, 0.6) is 0 Å². The molecular weight excluding hydrogens is 244 g/mol. The predicted octanol–water partition coefficient (Wildman–Crippen LogP) is 3.25. The lowest BCUT2D eigenvalue weighted by atomic mass is 10.2. The predicted molar refractivity (Wildman–Crippen MR) is 78.1 cm³/mol. The molecule has 0 spiro atoms. The van der Waals surface area contributed by atoms with E-state index in [4.69, 9.17) is 0 Å². The van der Waals surface area contributed by atoms with Crippen molar-refractivity contribution in [3.63, 3.8) is 0 Å². The highest BCUT2D eigenvalue weighted by Crippen LogP contribution is 2.02. The molecule has 96 valence electrons. The molecule has 0 fully saturated rings. The normalized spacial score (nSPS) is 12.3. The van der Waals surface area contributed by atoms with Crippen LogP contribution in [0.2, 0.25) is 0 Å². The molecule has 18 heavy (non-hydrogen) atoms. The first kappa shape index (κ1) is 14.5. The van der Waals surface area contributed by atoms with E-state index in [1.807, 2.05) is 42.5 Å². The van der Waals surface area contributed by atoms with Crippen LogP contribution in [0, 0.1) is 0 Å². The Morgan fingerprint density at radius 2 is 1.89 bits per heavy atom. The number of rotatable bonds is 6. The van der Waals surface area contributed by atoms with Crippen LogP contribution in [0.4, 0.5) is 0 Å². The van der Waals surface area contributed by atoms with Crippen molar-refractivity contribution in [1.82, 2.24) is 0 Å². The minimum Gasteiger partial charge on any atom is -0.228 e. The third-order valence-corrected chi connectivity index (χ3v) is 3.78. The van der Waals surface area contributed by atoms with Crippen molar-refractivity contribution in [1.29, 1.82) is 0 Å². The lowest BCUT2D eigenvalue weighted by Gasteiger charge is -1.98. The first-order chi connectivity index (χ1) is 8.49. The first-order valence-electron chi connectivity index (χ1n) is 5.73. The molecule has 0 N–H and O–H groups in total. The summed E-state index contributed by atoms with van der Waals surface area (Å²) in [5, 5.41) is 0. The smallest absolute Gasteiger partial charge is 0.157 e. The van der Waals surface area contributed by atoms with E-state index in [1.54, 1.807) is 19.1 Å². The minimum atomic E-state index is -3.05. The molecule has 1 aromatic carbocycles. The fraction of sp³-hybridized carbons (Fsp3) is 0.200. The van der Waals surface area contributed by atoms with E-state index in [2.05, 4.69) is 6.58 Å². The Balaban J connectivity index is 2.47. The molecule has 1 rings (SSSR count). The monoisotopic (exact) mass is 262 g/mol. The number of benzene rings is 1. The van der Waals surface area contributed by atoms with E-state index in [-0.39, 0.29) is 11.5 Å². The van der Waals surface area contributed by atoms with Gasteiger partial charge in [-0.15, -0.1) is 0 Å². The van der Waals surface area contributed by atoms with Gasteiger partial charge in [-0.3, -0.25) is 0 Å². The van der Waals surface area contributed by atoms with Crippen LogP contribution in [0.15, 0.2) is 60.7 Å². The van der Waals surface area contributed by atoms with Crippen molar-refractivity contribution in [2.75, 3.05) is 11.5 Å². The summed E-state index contributed by atoms with van der Waals surface area (Å²) >= 11 is 0. The topological polar surface area (TPSA) is 34.1 Å². The Morgan fingerprint density at radius 1 is 1.22 bits per heavy atom. The molecule has 0 aliphatic rings. The Bertz CT molecular complexity index is 537. The average molecular weight is 262 g/mol. The molecule has 0 aliphatic heterocycles. The lowest BCUT2D eigenvalue weighted by molar-refractivity contribution is 0.601. The zero-order valence-electron chi connectivity index (χ0n) is 10.5. The van der Waals surface area contributed by atoms with Crippen LogP contribution in [0.3, 0.4) is 0 Å². The Hall–Kier alpha value is -1.61. The molecule has 2 nitrogen and oxygen atoms in total. The van der Waals surface area contributed by atoms with Gasteiger partial charge in [0.05, 0.1) is 11.5 Å². The molecule has 0 amide bonds. The molecule has 0 heterocycles. The van der Waals surface area contributed by atoms with Gasteiger partial charge in [0.1, 0.15) is 0 Å². The molecule has 0 saturated carbocycles. The molecule has 0 bridgehead atoms. The van der Waals surface area contributed by atoms with Crippen LogP contribution in [-0.2, 0) is 9.84 Å². The highest BCUT2D eigenvalue weighted by Gasteiger charge is 2.07. The number of hydrogen-bond donors (Lipinski definition) is 0. The summed E-state index contributed by atoms with van der Waals surface area (Å²) in [6.07, 6.45) is 7.17. The van der Waals surface area contributed by atoms with Crippen LogP contribution < -0.4 is 0 Å². The standard InChI is InChI=1S/C15H18O2S/c1-14(2)13-18(16,17)12-8-4-7-11-15-9-5-3-6-10-15/h3-11H,1,12-13H2,2H3/b8-4+,11-7+. The summed E-state index contributed by atoms with van der Waals surface area (Å²) in [6.45, 7) is 5.33. The van der Waals surface area contributed by atoms with Crippen LogP contribution in [-0.4, -0.2) is 19.9 Å². The summed E-state index contributed by atoms with van der Waals surface area (Å²) in [4.78, 5) is 0. The van der Waals surface area contributed by atoms with Crippen LogP contribution >= 0.6 is 0 Å². The fourth-order valence-electron chi connectivity index (χ4n) is 1.45. The number of allylic oxidation sites excluding steroid dienone is 2. The van der Waals surface area contributed by atoms with Crippen molar-refractivity contribution < 1.29 is 8.42 Å². The summed E-state index contributed by atoms with van der Waals surface area (Å²) in [5.41, 5.74) is 1.76. The van der Waals surface area contributed by atoms with E-state index in [9.17, 15) is 8.42 Å². The van der Waals surface area contributed by atoms with Crippen LogP contribution in [0.1, 0.15) is 12.5 Å².